The molecule has 0 saturated heterocycles. The summed E-state index contributed by atoms with van der Waals surface area (Å²) in [6, 6.07) is 4.11. The summed E-state index contributed by atoms with van der Waals surface area (Å²) in [6.45, 7) is 4.37. The average Bonchev–Trinajstić information content (AvgIpc) is 2.26. The van der Waals surface area contributed by atoms with Gasteiger partial charge in [-0.1, -0.05) is 15.9 Å². The fourth-order valence-corrected chi connectivity index (χ4v) is 3.05. The Balaban J connectivity index is 2.53. The predicted molar refractivity (Wildman–Crippen MR) is 73.1 cm³/mol. The largest absolute Gasteiger partial charge is 0.324 e. The lowest BCUT2D eigenvalue weighted by molar-refractivity contribution is -0.116. The molecule has 1 heterocycles. The summed E-state index contributed by atoms with van der Waals surface area (Å²) >= 11 is 3.55. The molecule has 17 heavy (non-hydrogen) atoms. The molecular weight excluding hydrogens is 280 g/mol. The Hall–Kier alpha value is -0.870. The third kappa shape index (κ3) is 2.38. The van der Waals surface area contributed by atoms with Crippen LogP contribution in [-0.4, -0.2) is 12.5 Å². The maximum atomic E-state index is 11.6. The summed E-state index contributed by atoms with van der Waals surface area (Å²) in [5.74, 6) is 0.101. The molecule has 0 unspecified atom stereocenters. The number of carbonyl (C=O) groups is 1. The van der Waals surface area contributed by atoms with Crippen molar-refractivity contribution in [3.63, 3.8) is 0 Å². The monoisotopic (exact) mass is 296 g/mol. The molecular formula is C13H17BrN2O. The number of anilines is 1. The van der Waals surface area contributed by atoms with Crippen LogP contribution >= 0.6 is 15.9 Å². The van der Waals surface area contributed by atoms with Gasteiger partial charge in [0.2, 0.25) is 5.91 Å². The Morgan fingerprint density at radius 2 is 2.24 bits per heavy atom. The first-order valence-corrected chi connectivity index (χ1v) is 6.66. The standard InChI is InChI=1S/C13H17BrN2O/c1-8(15)11-7-13-10(6-12(11)14)4-3-5-16(13)9(2)17/h6-8H,3-5,15H2,1-2H3/t8-/m0/s1. The second kappa shape index (κ2) is 4.78. The predicted octanol–water partition coefficient (Wildman–Crippen LogP) is 2.77. The Kier molecular flexibility index (Phi) is 3.54. The van der Waals surface area contributed by atoms with E-state index in [1.165, 1.54) is 5.56 Å². The normalized spacial score (nSPS) is 16.6. The minimum absolute atomic E-state index is 0.0367. The van der Waals surface area contributed by atoms with Crippen LogP contribution in [0.2, 0.25) is 0 Å². The van der Waals surface area contributed by atoms with E-state index < -0.39 is 0 Å². The molecule has 1 aromatic carbocycles. The van der Waals surface area contributed by atoms with Crippen LogP contribution in [0.1, 0.15) is 37.4 Å². The lowest BCUT2D eigenvalue weighted by Crippen LogP contribution is -2.33. The summed E-state index contributed by atoms with van der Waals surface area (Å²) in [5, 5.41) is 0. The van der Waals surface area contributed by atoms with Crippen molar-refractivity contribution < 1.29 is 4.79 Å². The van der Waals surface area contributed by atoms with Crippen molar-refractivity contribution >= 4 is 27.5 Å². The van der Waals surface area contributed by atoms with Crippen molar-refractivity contribution in [1.82, 2.24) is 0 Å². The van der Waals surface area contributed by atoms with E-state index in [1.54, 1.807) is 6.92 Å². The minimum atomic E-state index is -0.0367. The smallest absolute Gasteiger partial charge is 0.223 e. The van der Waals surface area contributed by atoms with E-state index in [4.69, 9.17) is 5.73 Å². The van der Waals surface area contributed by atoms with E-state index in [-0.39, 0.29) is 11.9 Å². The Morgan fingerprint density at radius 1 is 1.53 bits per heavy atom. The van der Waals surface area contributed by atoms with Gasteiger partial charge in [-0.2, -0.15) is 0 Å². The Morgan fingerprint density at radius 3 is 2.82 bits per heavy atom. The van der Waals surface area contributed by atoms with Crippen LogP contribution in [0.3, 0.4) is 0 Å². The van der Waals surface area contributed by atoms with Crippen LogP contribution in [0.4, 0.5) is 5.69 Å². The molecule has 0 bridgehead atoms. The summed E-state index contributed by atoms with van der Waals surface area (Å²) in [4.78, 5) is 13.5. The van der Waals surface area contributed by atoms with Gasteiger partial charge in [0.1, 0.15) is 0 Å². The minimum Gasteiger partial charge on any atom is -0.324 e. The molecule has 2 N–H and O–H groups in total. The second-order valence-electron chi connectivity index (χ2n) is 4.57. The van der Waals surface area contributed by atoms with Gasteiger partial charge in [0, 0.05) is 29.7 Å². The number of hydrogen-bond donors (Lipinski definition) is 1. The lowest BCUT2D eigenvalue weighted by atomic mass is 9.97. The number of nitrogens with two attached hydrogens (primary N) is 1. The van der Waals surface area contributed by atoms with E-state index >= 15 is 0 Å². The number of carbonyl (C=O) groups excluding carboxylic acids is 1. The first-order valence-electron chi connectivity index (χ1n) is 5.86. The number of benzene rings is 1. The van der Waals surface area contributed by atoms with Crippen molar-refractivity contribution in [3.8, 4) is 0 Å². The fraction of sp³-hybridized carbons (Fsp3) is 0.462. The van der Waals surface area contributed by atoms with Gasteiger partial charge in [0.25, 0.3) is 0 Å². The number of amides is 1. The first kappa shape index (κ1) is 12.6. The van der Waals surface area contributed by atoms with Crippen molar-refractivity contribution in [3.05, 3.63) is 27.7 Å². The van der Waals surface area contributed by atoms with E-state index in [9.17, 15) is 4.79 Å². The molecule has 0 aliphatic carbocycles. The number of halogens is 1. The molecule has 1 atom stereocenters. The highest BCUT2D eigenvalue weighted by molar-refractivity contribution is 9.10. The van der Waals surface area contributed by atoms with Crippen molar-refractivity contribution in [2.75, 3.05) is 11.4 Å². The van der Waals surface area contributed by atoms with E-state index in [2.05, 4.69) is 22.0 Å². The zero-order valence-electron chi connectivity index (χ0n) is 10.2. The molecule has 1 aliphatic heterocycles. The second-order valence-corrected chi connectivity index (χ2v) is 5.42. The highest BCUT2D eigenvalue weighted by Crippen LogP contribution is 2.34. The third-order valence-electron chi connectivity index (χ3n) is 3.19. The molecule has 1 amide bonds. The van der Waals surface area contributed by atoms with Gasteiger partial charge in [-0.25, -0.2) is 0 Å². The quantitative estimate of drug-likeness (QED) is 0.866. The fourth-order valence-electron chi connectivity index (χ4n) is 2.29. The maximum Gasteiger partial charge on any atom is 0.223 e. The average molecular weight is 297 g/mol. The Labute approximate surface area is 110 Å². The zero-order chi connectivity index (χ0) is 12.6. The Bertz CT molecular complexity index is 457. The van der Waals surface area contributed by atoms with Crippen LogP contribution in [0, 0.1) is 0 Å². The summed E-state index contributed by atoms with van der Waals surface area (Å²) in [6.07, 6.45) is 2.05. The number of aryl methyl sites for hydroxylation is 1. The highest BCUT2D eigenvalue weighted by Gasteiger charge is 2.22. The van der Waals surface area contributed by atoms with Gasteiger partial charge < -0.3 is 10.6 Å². The maximum absolute atomic E-state index is 11.6. The summed E-state index contributed by atoms with van der Waals surface area (Å²) < 4.78 is 1.04. The lowest BCUT2D eigenvalue weighted by Gasteiger charge is -2.30. The number of fused-ring (bicyclic) bond motifs is 1. The third-order valence-corrected chi connectivity index (χ3v) is 3.87. The summed E-state index contributed by atoms with van der Waals surface area (Å²) in [7, 11) is 0. The number of rotatable bonds is 1. The molecule has 3 nitrogen and oxygen atoms in total. The van der Waals surface area contributed by atoms with Gasteiger partial charge in [-0.05, 0) is 43.0 Å². The van der Waals surface area contributed by atoms with E-state index in [1.807, 2.05) is 17.9 Å². The van der Waals surface area contributed by atoms with Crippen molar-refractivity contribution in [2.45, 2.75) is 32.7 Å². The molecule has 1 aromatic rings. The van der Waals surface area contributed by atoms with Crippen molar-refractivity contribution in [1.29, 1.82) is 0 Å². The van der Waals surface area contributed by atoms with Gasteiger partial charge in [-0.3, -0.25) is 4.79 Å². The van der Waals surface area contributed by atoms with Crippen molar-refractivity contribution in [2.24, 2.45) is 5.73 Å². The van der Waals surface area contributed by atoms with E-state index in [0.29, 0.717) is 0 Å². The first-order chi connectivity index (χ1) is 8.00. The van der Waals surface area contributed by atoms with Crippen LogP contribution < -0.4 is 10.6 Å². The topological polar surface area (TPSA) is 46.3 Å². The molecule has 2 rings (SSSR count). The van der Waals surface area contributed by atoms with Crippen LogP contribution in [0.5, 0.6) is 0 Å². The molecule has 0 fully saturated rings. The molecule has 0 spiro atoms. The number of hydrogen-bond acceptors (Lipinski definition) is 2. The highest BCUT2D eigenvalue weighted by atomic mass is 79.9. The molecule has 0 aromatic heterocycles. The molecule has 92 valence electrons. The van der Waals surface area contributed by atoms with Gasteiger partial charge in [-0.15, -0.1) is 0 Å². The SMILES string of the molecule is CC(=O)N1CCCc2cc(Br)c([C@H](C)N)cc21. The molecule has 0 saturated carbocycles. The number of nitrogens with zero attached hydrogens (tertiary/aromatic N) is 1. The van der Waals surface area contributed by atoms with E-state index in [0.717, 1.165) is 35.1 Å². The van der Waals surface area contributed by atoms with Gasteiger partial charge in [0.05, 0.1) is 0 Å². The molecule has 4 heteroatoms. The van der Waals surface area contributed by atoms with Gasteiger partial charge in [0.15, 0.2) is 0 Å². The summed E-state index contributed by atoms with van der Waals surface area (Å²) in [5.41, 5.74) is 9.24. The van der Waals surface area contributed by atoms with Gasteiger partial charge >= 0.3 is 0 Å². The van der Waals surface area contributed by atoms with Crippen LogP contribution in [-0.2, 0) is 11.2 Å². The molecule has 0 radical (unpaired) electrons. The molecule has 1 aliphatic rings. The van der Waals surface area contributed by atoms with Crippen LogP contribution in [0.25, 0.3) is 0 Å². The zero-order valence-corrected chi connectivity index (χ0v) is 11.8. The van der Waals surface area contributed by atoms with Crippen LogP contribution in [0.15, 0.2) is 16.6 Å².